The summed E-state index contributed by atoms with van der Waals surface area (Å²) in [5, 5.41) is 24.3. The predicted molar refractivity (Wildman–Crippen MR) is 131 cm³/mol. The van der Waals surface area contributed by atoms with Gasteiger partial charge in [-0.1, -0.05) is 36.4 Å². The number of alkyl halides is 3. The standard InChI is InChI=1S/C26H27F3N4O5/c1-16(19-5-7-20(8-6-19)25(36)37)30-23(35)21-22(26(27,28)29)31-33-10-9-32(24(21)33)14-17-3-2-4-18(13-17)15-38-12-11-34/h2-8,13,16,34H,9-12,14-15H2,1H3,(H,30,35)(H,36,37). The van der Waals surface area contributed by atoms with Crippen LogP contribution in [0.5, 0.6) is 0 Å². The van der Waals surface area contributed by atoms with Gasteiger partial charge in [0.15, 0.2) is 5.69 Å². The van der Waals surface area contributed by atoms with Gasteiger partial charge in [0.2, 0.25) is 0 Å². The molecule has 38 heavy (non-hydrogen) atoms. The van der Waals surface area contributed by atoms with E-state index in [1.54, 1.807) is 11.8 Å². The van der Waals surface area contributed by atoms with Gasteiger partial charge in [-0.2, -0.15) is 18.3 Å². The smallest absolute Gasteiger partial charge is 0.436 e. The number of amides is 1. The largest absolute Gasteiger partial charge is 0.478 e. The molecule has 1 aromatic heterocycles. The van der Waals surface area contributed by atoms with Crippen molar-refractivity contribution in [1.82, 2.24) is 15.1 Å². The molecule has 1 amide bonds. The van der Waals surface area contributed by atoms with Crippen LogP contribution in [0.25, 0.3) is 0 Å². The van der Waals surface area contributed by atoms with Gasteiger partial charge in [-0.15, -0.1) is 0 Å². The summed E-state index contributed by atoms with van der Waals surface area (Å²) in [6.07, 6.45) is -4.84. The average Bonchev–Trinajstić information content (AvgIpc) is 3.45. The molecule has 2 heterocycles. The van der Waals surface area contributed by atoms with Gasteiger partial charge in [0.05, 0.1) is 38.0 Å². The monoisotopic (exact) mass is 532 g/mol. The second kappa shape index (κ2) is 11.2. The molecule has 1 unspecified atom stereocenters. The molecule has 0 aliphatic carbocycles. The van der Waals surface area contributed by atoms with Gasteiger partial charge in [-0.3, -0.25) is 4.79 Å². The van der Waals surface area contributed by atoms with E-state index in [4.69, 9.17) is 14.9 Å². The summed E-state index contributed by atoms with van der Waals surface area (Å²) in [5.74, 6) is -1.95. The molecule has 2 aromatic carbocycles. The summed E-state index contributed by atoms with van der Waals surface area (Å²) >= 11 is 0. The molecule has 4 rings (SSSR count). The lowest BCUT2D eigenvalue weighted by Gasteiger charge is -2.21. The Bertz CT molecular complexity index is 1310. The molecule has 0 saturated heterocycles. The van der Waals surface area contributed by atoms with Crippen molar-refractivity contribution in [2.45, 2.75) is 38.8 Å². The van der Waals surface area contributed by atoms with Crippen LogP contribution < -0.4 is 10.2 Å². The molecule has 1 aliphatic heterocycles. The molecular weight excluding hydrogens is 505 g/mol. The van der Waals surface area contributed by atoms with Gasteiger partial charge < -0.3 is 25.2 Å². The van der Waals surface area contributed by atoms with Crippen molar-refractivity contribution < 1.29 is 37.7 Å². The van der Waals surface area contributed by atoms with Crippen LogP contribution in [0, 0.1) is 0 Å². The van der Waals surface area contributed by atoms with Gasteiger partial charge in [-0.05, 0) is 35.7 Å². The SMILES string of the molecule is CC(NC(=O)c1c(C(F)(F)F)nn2c1N(Cc1cccc(COCCO)c1)CC2)c1ccc(C(=O)O)cc1. The number of halogens is 3. The number of nitrogens with one attached hydrogen (secondary N) is 1. The Morgan fingerprint density at radius 2 is 1.84 bits per heavy atom. The van der Waals surface area contributed by atoms with Gasteiger partial charge in [0, 0.05) is 13.1 Å². The van der Waals surface area contributed by atoms with Crippen molar-refractivity contribution in [3.8, 4) is 0 Å². The Morgan fingerprint density at radius 1 is 1.13 bits per heavy atom. The maximum Gasteiger partial charge on any atom is 0.436 e. The quantitative estimate of drug-likeness (QED) is 0.342. The molecular formula is C26H27F3N4O5. The minimum Gasteiger partial charge on any atom is -0.478 e. The summed E-state index contributed by atoms with van der Waals surface area (Å²) in [6.45, 7) is 2.79. The lowest BCUT2D eigenvalue weighted by molar-refractivity contribution is -0.141. The first-order valence-electron chi connectivity index (χ1n) is 11.9. The molecule has 0 fully saturated rings. The van der Waals surface area contributed by atoms with Gasteiger partial charge in [0.1, 0.15) is 11.4 Å². The Hall–Kier alpha value is -3.90. The highest BCUT2D eigenvalue weighted by Gasteiger charge is 2.44. The maximum atomic E-state index is 13.9. The highest BCUT2D eigenvalue weighted by molar-refractivity contribution is 6.01. The van der Waals surface area contributed by atoms with E-state index in [2.05, 4.69) is 10.4 Å². The second-order valence-electron chi connectivity index (χ2n) is 8.91. The molecule has 3 N–H and O–H groups in total. The molecule has 0 spiro atoms. The lowest BCUT2D eigenvalue weighted by atomic mass is 10.1. The Morgan fingerprint density at radius 3 is 2.50 bits per heavy atom. The summed E-state index contributed by atoms with van der Waals surface area (Å²) in [6, 6.07) is 12.4. The van der Waals surface area contributed by atoms with Crippen LogP contribution in [0.4, 0.5) is 19.0 Å². The Labute approximate surface area is 216 Å². The van der Waals surface area contributed by atoms with E-state index in [1.165, 1.54) is 28.9 Å². The van der Waals surface area contributed by atoms with E-state index < -0.39 is 35.4 Å². The number of carbonyl (C=O) groups is 2. The number of hydrogen-bond acceptors (Lipinski definition) is 6. The molecule has 12 heteroatoms. The van der Waals surface area contributed by atoms with Crippen LogP contribution in [0.2, 0.25) is 0 Å². The number of aliphatic hydroxyl groups excluding tert-OH is 1. The van der Waals surface area contributed by atoms with E-state index in [9.17, 15) is 22.8 Å². The third-order valence-corrected chi connectivity index (χ3v) is 6.18. The van der Waals surface area contributed by atoms with Crippen molar-refractivity contribution >= 4 is 17.7 Å². The molecule has 1 atom stereocenters. The van der Waals surface area contributed by atoms with E-state index in [-0.39, 0.29) is 44.3 Å². The number of ether oxygens (including phenoxy) is 1. The van der Waals surface area contributed by atoms with Crippen LogP contribution in [0.15, 0.2) is 48.5 Å². The molecule has 0 bridgehead atoms. The van der Waals surface area contributed by atoms with Crippen LogP contribution in [0.1, 0.15) is 56.1 Å². The number of aromatic nitrogens is 2. The predicted octanol–water partition coefficient (Wildman–Crippen LogP) is 3.62. The average molecular weight is 533 g/mol. The third kappa shape index (κ3) is 5.97. The topological polar surface area (TPSA) is 117 Å². The molecule has 0 saturated carbocycles. The number of nitrogens with zero attached hydrogens (tertiary/aromatic N) is 3. The van der Waals surface area contributed by atoms with Crippen LogP contribution in [-0.4, -0.2) is 51.6 Å². The molecule has 3 aromatic rings. The fourth-order valence-electron chi connectivity index (χ4n) is 4.37. The summed E-state index contributed by atoms with van der Waals surface area (Å²) < 4.78 is 48.4. The number of aliphatic hydroxyl groups is 1. The van der Waals surface area contributed by atoms with Crippen molar-refractivity contribution in [1.29, 1.82) is 0 Å². The first-order valence-corrected chi connectivity index (χ1v) is 11.9. The fourth-order valence-corrected chi connectivity index (χ4v) is 4.37. The Balaban J connectivity index is 1.59. The minimum atomic E-state index is -4.84. The fraction of sp³-hybridized carbons (Fsp3) is 0.346. The summed E-state index contributed by atoms with van der Waals surface area (Å²) in [5.41, 5.74) is 0.455. The van der Waals surface area contributed by atoms with Gasteiger partial charge >= 0.3 is 12.1 Å². The van der Waals surface area contributed by atoms with E-state index in [0.717, 1.165) is 11.1 Å². The molecule has 1 aliphatic rings. The first kappa shape index (κ1) is 27.1. The summed E-state index contributed by atoms with van der Waals surface area (Å²) in [4.78, 5) is 26.0. The first-order chi connectivity index (χ1) is 18.1. The van der Waals surface area contributed by atoms with Crippen LogP contribution in [0.3, 0.4) is 0 Å². The lowest BCUT2D eigenvalue weighted by Crippen LogP contribution is -2.31. The number of aromatic carboxylic acids is 1. The van der Waals surface area contributed by atoms with Gasteiger partial charge in [-0.25, -0.2) is 9.48 Å². The van der Waals surface area contributed by atoms with Crippen molar-refractivity contribution in [2.24, 2.45) is 0 Å². The zero-order valence-corrected chi connectivity index (χ0v) is 20.5. The number of carboxylic acid groups (broad SMARTS) is 1. The van der Waals surface area contributed by atoms with E-state index in [0.29, 0.717) is 12.1 Å². The molecule has 202 valence electrons. The Kier molecular flexibility index (Phi) is 8.02. The second-order valence-corrected chi connectivity index (χ2v) is 8.91. The number of anilines is 1. The zero-order chi connectivity index (χ0) is 27.4. The van der Waals surface area contributed by atoms with Crippen molar-refractivity contribution in [3.63, 3.8) is 0 Å². The zero-order valence-electron chi connectivity index (χ0n) is 20.5. The van der Waals surface area contributed by atoms with E-state index in [1.807, 2.05) is 24.3 Å². The number of hydrogen-bond donors (Lipinski definition) is 3. The third-order valence-electron chi connectivity index (χ3n) is 6.18. The van der Waals surface area contributed by atoms with Crippen LogP contribution >= 0.6 is 0 Å². The number of fused-ring (bicyclic) bond motifs is 1. The number of carboxylic acids is 1. The van der Waals surface area contributed by atoms with Crippen LogP contribution in [-0.2, 0) is 30.6 Å². The highest BCUT2D eigenvalue weighted by Crippen LogP contribution is 2.38. The number of rotatable bonds is 10. The number of carbonyl (C=O) groups excluding carboxylic acids is 1. The van der Waals surface area contributed by atoms with Crippen molar-refractivity contribution in [2.75, 3.05) is 24.7 Å². The number of benzene rings is 2. The highest BCUT2D eigenvalue weighted by atomic mass is 19.4. The van der Waals surface area contributed by atoms with Crippen molar-refractivity contribution in [3.05, 3.63) is 82.0 Å². The molecule has 9 nitrogen and oxygen atoms in total. The summed E-state index contributed by atoms with van der Waals surface area (Å²) in [7, 11) is 0. The molecule has 0 radical (unpaired) electrons. The van der Waals surface area contributed by atoms with Gasteiger partial charge in [0.25, 0.3) is 5.91 Å². The maximum absolute atomic E-state index is 13.9. The van der Waals surface area contributed by atoms with E-state index >= 15 is 0 Å². The minimum absolute atomic E-state index is 0.0563. The normalized spacial score (nSPS) is 13.9.